The number of ether oxygens (including phenoxy) is 2. The zero-order valence-electron chi connectivity index (χ0n) is 13.4. The average molecular weight is 480 g/mol. The Hall–Kier alpha value is -0.690. The number of halogens is 6. The average Bonchev–Trinajstić information content (AvgIpc) is 2.57. The molecule has 0 aromatic heterocycles. The van der Waals surface area contributed by atoms with Crippen molar-refractivity contribution in [2.24, 2.45) is 5.10 Å². The number of allylic oxidation sites excluding steroid dienone is 3. The highest BCUT2D eigenvalue weighted by molar-refractivity contribution is 6.69. The summed E-state index contributed by atoms with van der Waals surface area (Å²) in [6, 6.07) is 5.38. The van der Waals surface area contributed by atoms with Crippen LogP contribution in [0, 0.1) is 0 Å². The molecule has 0 unspecified atom stereocenters. The first kappa shape index (κ1) is 21.6. The van der Waals surface area contributed by atoms with Crippen LogP contribution in [0.25, 0.3) is 6.08 Å². The van der Waals surface area contributed by atoms with E-state index in [0.717, 1.165) is 10.7 Å². The van der Waals surface area contributed by atoms with Gasteiger partial charge in [-0.1, -0.05) is 75.7 Å². The molecule has 1 aromatic carbocycles. The highest BCUT2D eigenvalue weighted by Crippen LogP contribution is 2.38. The van der Waals surface area contributed by atoms with E-state index in [1.54, 1.807) is 32.4 Å². The second kappa shape index (κ2) is 8.55. The Morgan fingerprint density at radius 3 is 2.00 bits per heavy atom. The molecule has 0 fully saturated rings. The van der Waals surface area contributed by atoms with Crippen LogP contribution < -0.4 is 14.9 Å². The zero-order chi connectivity index (χ0) is 19.5. The Balaban J connectivity index is 2.37. The van der Waals surface area contributed by atoms with Crippen LogP contribution in [-0.4, -0.2) is 32.8 Å². The number of hydrazine groups is 1. The van der Waals surface area contributed by atoms with E-state index in [2.05, 4.69) is 10.5 Å². The lowest BCUT2D eigenvalue weighted by Gasteiger charge is -2.33. The molecular formula is C15H13Cl6N3O2. The minimum Gasteiger partial charge on any atom is -0.497 e. The van der Waals surface area contributed by atoms with Crippen LogP contribution in [0.3, 0.4) is 0 Å². The number of methoxy groups -OCH3 is 2. The fraction of sp³-hybridized carbons (Fsp3) is 0.267. The van der Waals surface area contributed by atoms with Gasteiger partial charge in [0.15, 0.2) is 0 Å². The summed E-state index contributed by atoms with van der Waals surface area (Å²) in [5.41, 5.74) is 4.00. The summed E-state index contributed by atoms with van der Waals surface area (Å²) in [7, 11) is 3.13. The van der Waals surface area contributed by atoms with Crippen molar-refractivity contribution >= 4 is 81.4 Å². The number of hydrogen-bond acceptors (Lipinski definition) is 5. The lowest BCUT2D eigenvalue weighted by molar-refractivity contribution is 0.216. The topological polar surface area (TPSA) is 46.1 Å². The molecular weight excluding hydrogens is 467 g/mol. The van der Waals surface area contributed by atoms with Gasteiger partial charge in [0.2, 0.25) is 3.79 Å². The SMILES string of the molecule is COc1cc(C=CC2=NN(C(Cl)(Cl)Cl)NC(C(Cl)(Cl)Cl)=C2)cc(OC)c1. The molecule has 0 aliphatic carbocycles. The van der Waals surface area contributed by atoms with Crippen LogP contribution >= 0.6 is 69.6 Å². The van der Waals surface area contributed by atoms with Crippen molar-refractivity contribution in [3.63, 3.8) is 0 Å². The molecule has 0 atom stereocenters. The van der Waals surface area contributed by atoms with E-state index in [4.69, 9.17) is 79.1 Å². The third-order valence-corrected chi connectivity index (χ3v) is 4.19. The molecule has 1 aliphatic heterocycles. The molecule has 1 aliphatic rings. The standard InChI is InChI=1S/C15H13Cl6N3O2/c1-25-11-5-9(6-12(8-11)26-2)3-4-10-7-13(14(16,17)18)23-24(22-10)15(19,20)21/h3-8,23H,1-2H3. The van der Waals surface area contributed by atoms with E-state index in [0.29, 0.717) is 17.2 Å². The maximum Gasteiger partial charge on any atom is 0.301 e. The molecule has 0 spiro atoms. The van der Waals surface area contributed by atoms with Gasteiger partial charge in [-0.25, -0.2) is 0 Å². The third kappa shape index (κ3) is 5.91. The smallest absolute Gasteiger partial charge is 0.301 e. The van der Waals surface area contributed by atoms with Crippen molar-refractivity contribution in [3.8, 4) is 11.5 Å². The number of rotatable bonds is 4. The molecule has 1 heterocycles. The van der Waals surface area contributed by atoms with Gasteiger partial charge in [0.05, 0.1) is 25.6 Å². The summed E-state index contributed by atoms with van der Waals surface area (Å²) in [5.74, 6) is 1.27. The van der Waals surface area contributed by atoms with Gasteiger partial charge in [0.1, 0.15) is 11.5 Å². The minimum absolute atomic E-state index is 0.173. The van der Waals surface area contributed by atoms with E-state index in [9.17, 15) is 0 Å². The normalized spacial score (nSPS) is 15.5. The molecule has 11 heteroatoms. The van der Waals surface area contributed by atoms with Gasteiger partial charge in [0, 0.05) is 6.07 Å². The molecule has 1 aromatic rings. The van der Waals surface area contributed by atoms with Crippen molar-refractivity contribution in [2.45, 2.75) is 7.71 Å². The van der Waals surface area contributed by atoms with E-state index in [-0.39, 0.29) is 5.70 Å². The number of nitrogens with one attached hydrogen (secondary N) is 1. The molecule has 26 heavy (non-hydrogen) atoms. The Kier molecular flexibility index (Phi) is 7.10. The van der Waals surface area contributed by atoms with Gasteiger partial charge in [0.25, 0.3) is 0 Å². The predicted octanol–water partition coefficient (Wildman–Crippen LogP) is 5.48. The van der Waals surface area contributed by atoms with E-state index in [1.807, 2.05) is 12.1 Å². The quantitative estimate of drug-likeness (QED) is 0.459. The summed E-state index contributed by atoms with van der Waals surface area (Å²) < 4.78 is 6.81. The van der Waals surface area contributed by atoms with Crippen molar-refractivity contribution < 1.29 is 9.47 Å². The largest absolute Gasteiger partial charge is 0.497 e. The molecule has 0 saturated carbocycles. The van der Waals surface area contributed by atoms with Crippen molar-refractivity contribution in [1.82, 2.24) is 10.5 Å². The van der Waals surface area contributed by atoms with Crippen LogP contribution in [0.2, 0.25) is 0 Å². The first-order valence-electron chi connectivity index (χ1n) is 6.95. The lowest BCUT2D eigenvalue weighted by atomic mass is 10.1. The summed E-state index contributed by atoms with van der Waals surface area (Å²) in [6.07, 6.45) is 4.95. The van der Waals surface area contributed by atoms with Crippen LogP contribution in [0.4, 0.5) is 0 Å². The zero-order valence-corrected chi connectivity index (χ0v) is 18.0. The lowest BCUT2D eigenvalue weighted by Crippen LogP contribution is -2.47. The van der Waals surface area contributed by atoms with Crippen molar-refractivity contribution in [2.75, 3.05) is 14.2 Å². The Morgan fingerprint density at radius 2 is 1.54 bits per heavy atom. The molecule has 0 bridgehead atoms. The van der Waals surface area contributed by atoms with Crippen LogP contribution in [0.1, 0.15) is 5.56 Å². The molecule has 142 valence electrons. The predicted molar refractivity (Wildman–Crippen MR) is 110 cm³/mol. The van der Waals surface area contributed by atoms with Crippen molar-refractivity contribution in [3.05, 3.63) is 41.6 Å². The number of hydrogen-bond donors (Lipinski definition) is 1. The highest BCUT2D eigenvalue weighted by Gasteiger charge is 2.37. The molecule has 2 rings (SSSR count). The second-order valence-electron chi connectivity index (χ2n) is 4.95. The van der Waals surface area contributed by atoms with Crippen LogP contribution in [0.15, 0.2) is 41.1 Å². The van der Waals surface area contributed by atoms with E-state index in [1.165, 1.54) is 6.08 Å². The van der Waals surface area contributed by atoms with E-state index < -0.39 is 7.71 Å². The summed E-state index contributed by atoms with van der Waals surface area (Å²) in [6.45, 7) is 0. The Bertz CT molecular complexity index is 730. The van der Waals surface area contributed by atoms with Crippen LogP contribution in [0.5, 0.6) is 11.5 Å². The van der Waals surface area contributed by atoms with Gasteiger partial charge in [-0.3, -0.25) is 5.43 Å². The summed E-state index contributed by atoms with van der Waals surface area (Å²) in [5, 5.41) is 5.12. The Morgan fingerprint density at radius 1 is 0.962 bits per heavy atom. The summed E-state index contributed by atoms with van der Waals surface area (Å²) >= 11 is 35.4. The van der Waals surface area contributed by atoms with Gasteiger partial charge >= 0.3 is 3.92 Å². The third-order valence-electron chi connectivity index (χ3n) is 3.10. The Labute approximate surface area is 181 Å². The fourth-order valence-corrected chi connectivity index (χ4v) is 2.45. The molecule has 0 amide bonds. The highest BCUT2D eigenvalue weighted by atomic mass is 35.6. The maximum atomic E-state index is 5.92. The van der Waals surface area contributed by atoms with Crippen LogP contribution in [-0.2, 0) is 0 Å². The summed E-state index contributed by atoms with van der Waals surface area (Å²) in [4.78, 5) is 0. The van der Waals surface area contributed by atoms with Crippen molar-refractivity contribution in [1.29, 1.82) is 0 Å². The monoisotopic (exact) mass is 477 g/mol. The molecule has 1 N–H and O–H groups in total. The first-order chi connectivity index (χ1) is 12.0. The van der Waals surface area contributed by atoms with Gasteiger partial charge < -0.3 is 9.47 Å². The van der Waals surface area contributed by atoms with Gasteiger partial charge in [-0.15, -0.1) is 0 Å². The first-order valence-corrected chi connectivity index (χ1v) is 9.22. The number of hydrazone groups is 1. The molecule has 5 nitrogen and oxygen atoms in total. The second-order valence-corrected chi connectivity index (χ2v) is 9.45. The maximum absolute atomic E-state index is 5.92. The molecule has 0 radical (unpaired) electrons. The number of nitrogens with zero attached hydrogens (tertiary/aromatic N) is 2. The minimum atomic E-state index is -1.90. The number of benzene rings is 1. The van der Waals surface area contributed by atoms with Gasteiger partial charge in [-0.2, -0.15) is 10.2 Å². The fourth-order valence-electron chi connectivity index (χ4n) is 1.92. The van der Waals surface area contributed by atoms with E-state index >= 15 is 0 Å². The number of alkyl halides is 6. The van der Waals surface area contributed by atoms with Gasteiger partial charge in [-0.05, 0) is 29.8 Å². The molecule has 0 saturated heterocycles.